The SMILES string of the molecule is CSCC(C)CNC(=O)NCC(CC(C)C)C(=O)O. The molecule has 0 aromatic carbocycles. The Morgan fingerprint density at radius 2 is 1.74 bits per heavy atom. The van der Waals surface area contributed by atoms with E-state index in [0.717, 1.165) is 5.75 Å². The van der Waals surface area contributed by atoms with Crippen molar-refractivity contribution in [2.45, 2.75) is 27.2 Å². The average molecular weight is 290 g/mol. The van der Waals surface area contributed by atoms with Gasteiger partial charge in [-0.15, -0.1) is 0 Å². The zero-order valence-corrected chi connectivity index (χ0v) is 13.0. The van der Waals surface area contributed by atoms with Gasteiger partial charge in [-0.05, 0) is 30.3 Å². The number of amides is 2. The van der Waals surface area contributed by atoms with Gasteiger partial charge in [0, 0.05) is 13.1 Å². The molecule has 3 N–H and O–H groups in total. The van der Waals surface area contributed by atoms with Crippen LogP contribution >= 0.6 is 11.8 Å². The van der Waals surface area contributed by atoms with Gasteiger partial charge in [-0.3, -0.25) is 4.79 Å². The summed E-state index contributed by atoms with van der Waals surface area (Å²) in [6, 6.07) is -0.289. The van der Waals surface area contributed by atoms with Gasteiger partial charge in [0.1, 0.15) is 0 Å². The third-order valence-corrected chi connectivity index (χ3v) is 3.58. The van der Waals surface area contributed by atoms with E-state index in [9.17, 15) is 9.59 Å². The van der Waals surface area contributed by atoms with Gasteiger partial charge in [-0.1, -0.05) is 20.8 Å². The molecule has 6 heteroatoms. The number of hydrogen-bond donors (Lipinski definition) is 3. The molecule has 2 atom stereocenters. The number of carbonyl (C=O) groups excluding carboxylic acids is 1. The molecule has 0 spiro atoms. The third-order valence-electron chi connectivity index (χ3n) is 2.68. The molecule has 0 fully saturated rings. The van der Waals surface area contributed by atoms with Crippen LogP contribution < -0.4 is 10.6 Å². The first-order valence-electron chi connectivity index (χ1n) is 6.60. The van der Waals surface area contributed by atoms with Crippen LogP contribution in [-0.4, -0.2) is 42.2 Å². The van der Waals surface area contributed by atoms with Gasteiger partial charge in [0.15, 0.2) is 0 Å². The molecule has 2 amide bonds. The molecule has 112 valence electrons. The number of carboxylic acids is 1. The van der Waals surface area contributed by atoms with Gasteiger partial charge in [0.2, 0.25) is 0 Å². The Kier molecular flexibility index (Phi) is 9.47. The predicted molar refractivity (Wildman–Crippen MR) is 79.5 cm³/mol. The molecule has 0 aliphatic heterocycles. The molecule has 0 radical (unpaired) electrons. The molecule has 0 heterocycles. The molecule has 0 saturated carbocycles. The third kappa shape index (κ3) is 9.64. The Morgan fingerprint density at radius 1 is 1.16 bits per heavy atom. The maximum absolute atomic E-state index is 11.5. The fraction of sp³-hybridized carbons (Fsp3) is 0.846. The molecule has 0 saturated heterocycles. The normalized spacial score (nSPS) is 13.9. The van der Waals surface area contributed by atoms with Crippen LogP contribution in [0.1, 0.15) is 27.2 Å². The van der Waals surface area contributed by atoms with E-state index in [1.165, 1.54) is 0 Å². The lowest BCUT2D eigenvalue weighted by molar-refractivity contribution is -0.142. The number of rotatable bonds is 9. The lowest BCUT2D eigenvalue weighted by Crippen LogP contribution is -2.41. The van der Waals surface area contributed by atoms with Gasteiger partial charge in [0.25, 0.3) is 0 Å². The van der Waals surface area contributed by atoms with Crippen LogP contribution in [0, 0.1) is 17.8 Å². The summed E-state index contributed by atoms with van der Waals surface area (Å²) in [4.78, 5) is 22.6. The van der Waals surface area contributed by atoms with Crippen molar-refractivity contribution in [1.29, 1.82) is 0 Å². The van der Waals surface area contributed by atoms with Gasteiger partial charge in [0.05, 0.1) is 5.92 Å². The zero-order valence-electron chi connectivity index (χ0n) is 12.2. The highest BCUT2D eigenvalue weighted by molar-refractivity contribution is 7.98. The second-order valence-corrected chi connectivity index (χ2v) is 6.23. The second-order valence-electron chi connectivity index (χ2n) is 5.32. The van der Waals surface area contributed by atoms with Crippen molar-refractivity contribution in [2.24, 2.45) is 17.8 Å². The number of hydrogen-bond acceptors (Lipinski definition) is 3. The summed E-state index contributed by atoms with van der Waals surface area (Å²) in [7, 11) is 0. The lowest BCUT2D eigenvalue weighted by atomic mass is 9.97. The van der Waals surface area contributed by atoms with E-state index in [4.69, 9.17) is 5.11 Å². The van der Waals surface area contributed by atoms with Crippen molar-refractivity contribution in [1.82, 2.24) is 10.6 Å². The van der Waals surface area contributed by atoms with E-state index < -0.39 is 11.9 Å². The summed E-state index contributed by atoms with van der Waals surface area (Å²) in [5.74, 6) is 0.323. The Balaban J connectivity index is 3.95. The summed E-state index contributed by atoms with van der Waals surface area (Å²) < 4.78 is 0. The number of aliphatic carboxylic acids is 1. The van der Waals surface area contributed by atoms with Crippen LogP contribution in [-0.2, 0) is 4.79 Å². The summed E-state index contributed by atoms with van der Waals surface area (Å²) in [6.07, 6.45) is 2.60. The fourth-order valence-electron chi connectivity index (χ4n) is 1.73. The molecule has 0 aromatic heterocycles. The van der Waals surface area contributed by atoms with Gasteiger partial charge >= 0.3 is 12.0 Å². The highest BCUT2D eigenvalue weighted by atomic mass is 32.2. The topological polar surface area (TPSA) is 78.4 Å². The predicted octanol–water partition coefficient (Wildman–Crippen LogP) is 2.03. The number of urea groups is 1. The van der Waals surface area contributed by atoms with E-state index >= 15 is 0 Å². The molecular weight excluding hydrogens is 264 g/mol. The monoisotopic (exact) mass is 290 g/mol. The van der Waals surface area contributed by atoms with Crippen LogP contribution in [0.15, 0.2) is 0 Å². The van der Waals surface area contributed by atoms with Crippen LogP contribution in [0.25, 0.3) is 0 Å². The number of carbonyl (C=O) groups is 2. The first-order chi connectivity index (χ1) is 8.86. The highest BCUT2D eigenvalue weighted by Crippen LogP contribution is 2.11. The highest BCUT2D eigenvalue weighted by Gasteiger charge is 2.19. The van der Waals surface area contributed by atoms with Gasteiger partial charge < -0.3 is 15.7 Å². The summed E-state index contributed by atoms with van der Waals surface area (Å²) in [5.41, 5.74) is 0. The Bertz CT molecular complexity index is 285. The van der Waals surface area contributed by atoms with Crippen molar-refractivity contribution in [3.63, 3.8) is 0 Å². The molecule has 19 heavy (non-hydrogen) atoms. The van der Waals surface area contributed by atoms with Crippen molar-refractivity contribution in [3.05, 3.63) is 0 Å². The van der Waals surface area contributed by atoms with E-state index in [0.29, 0.717) is 24.8 Å². The van der Waals surface area contributed by atoms with Gasteiger partial charge in [-0.2, -0.15) is 11.8 Å². The van der Waals surface area contributed by atoms with Crippen molar-refractivity contribution < 1.29 is 14.7 Å². The van der Waals surface area contributed by atoms with Gasteiger partial charge in [-0.25, -0.2) is 4.79 Å². The standard InChI is InChI=1S/C13H26N2O3S/c1-9(2)5-11(12(16)17)7-15-13(18)14-6-10(3)8-19-4/h9-11H,5-8H2,1-4H3,(H,16,17)(H2,14,15,18). The van der Waals surface area contributed by atoms with E-state index in [1.807, 2.05) is 20.1 Å². The molecule has 0 bridgehead atoms. The molecule has 0 rings (SSSR count). The van der Waals surface area contributed by atoms with Crippen LogP contribution in [0.4, 0.5) is 4.79 Å². The second kappa shape index (κ2) is 9.95. The zero-order chi connectivity index (χ0) is 14.8. The molecule has 0 aliphatic carbocycles. The summed E-state index contributed by atoms with van der Waals surface area (Å²) in [5, 5.41) is 14.4. The summed E-state index contributed by atoms with van der Waals surface area (Å²) in [6.45, 7) is 6.79. The molecule has 0 aromatic rings. The van der Waals surface area contributed by atoms with E-state index in [1.54, 1.807) is 11.8 Å². The molecular formula is C13H26N2O3S. The minimum absolute atomic E-state index is 0.177. The lowest BCUT2D eigenvalue weighted by Gasteiger charge is -2.16. The number of thioether (sulfide) groups is 1. The Morgan fingerprint density at radius 3 is 2.21 bits per heavy atom. The van der Waals surface area contributed by atoms with Crippen molar-refractivity contribution in [3.8, 4) is 0 Å². The number of nitrogens with one attached hydrogen (secondary N) is 2. The average Bonchev–Trinajstić information content (AvgIpc) is 2.31. The summed E-state index contributed by atoms with van der Waals surface area (Å²) >= 11 is 1.74. The largest absolute Gasteiger partial charge is 0.481 e. The van der Waals surface area contributed by atoms with E-state index in [-0.39, 0.29) is 12.6 Å². The maximum Gasteiger partial charge on any atom is 0.314 e. The Hall–Kier alpha value is -0.910. The molecule has 0 aliphatic rings. The Labute approximate surface area is 119 Å². The minimum atomic E-state index is -0.857. The van der Waals surface area contributed by atoms with Crippen LogP contribution in [0.3, 0.4) is 0 Å². The fourth-order valence-corrected chi connectivity index (χ4v) is 2.42. The quantitative estimate of drug-likeness (QED) is 0.607. The van der Waals surface area contributed by atoms with E-state index in [2.05, 4.69) is 17.6 Å². The maximum atomic E-state index is 11.5. The van der Waals surface area contributed by atoms with Crippen LogP contribution in [0.2, 0.25) is 0 Å². The van der Waals surface area contributed by atoms with Crippen LogP contribution in [0.5, 0.6) is 0 Å². The first-order valence-corrected chi connectivity index (χ1v) is 7.99. The molecule has 2 unspecified atom stereocenters. The molecule has 5 nitrogen and oxygen atoms in total. The number of carboxylic acid groups (broad SMARTS) is 1. The van der Waals surface area contributed by atoms with Crippen molar-refractivity contribution >= 4 is 23.8 Å². The smallest absolute Gasteiger partial charge is 0.314 e. The van der Waals surface area contributed by atoms with Crippen molar-refractivity contribution in [2.75, 3.05) is 25.1 Å². The minimum Gasteiger partial charge on any atom is -0.481 e. The first kappa shape index (κ1) is 18.1.